The van der Waals surface area contributed by atoms with E-state index in [4.69, 9.17) is 5.73 Å². The Labute approximate surface area is 81.3 Å². The van der Waals surface area contributed by atoms with Crippen molar-refractivity contribution in [1.82, 2.24) is 4.90 Å². The summed E-state index contributed by atoms with van der Waals surface area (Å²) >= 11 is 0. The molecule has 78 valence electrons. The highest BCUT2D eigenvalue weighted by atomic mass is 16.2. The first-order valence-electron chi connectivity index (χ1n) is 4.96. The molecule has 0 aliphatic rings. The van der Waals surface area contributed by atoms with Crippen molar-refractivity contribution < 1.29 is 4.79 Å². The minimum atomic E-state index is 0.206. The summed E-state index contributed by atoms with van der Waals surface area (Å²) in [4.78, 5) is 13.2. The van der Waals surface area contributed by atoms with Crippen molar-refractivity contribution in [2.45, 2.75) is 52.1 Å². The molecule has 0 bridgehead atoms. The highest BCUT2D eigenvalue weighted by Gasteiger charge is 2.10. The molecule has 0 spiro atoms. The molecule has 0 heterocycles. The van der Waals surface area contributed by atoms with E-state index in [2.05, 4.69) is 0 Å². The highest BCUT2D eigenvalue weighted by molar-refractivity contribution is 5.76. The van der Waals surface area contributed by atoms with E-state index in [-0.39, 0.29) is 11.9 Å². The maximum atomic E-state index is 11.5. The summed E-state index contributed by atoms with van der Waals surface area (Å²) in [5.41, 5.74) is 5.59. The number of nitrogens with two attached hydrogens (primary N) is 1. The normalized spacial score (nSPS) is 13.1. The van der Waals surface area contributed by atoms with Gasteiger partial charge in [-0.1, -0.05) is 0 Å². The van der Waals surface area contributed by atoms with E-state index in [1.165, 1.54) is 0 Å². The number of amides is 1. The van der Waals surface area contributed by atoms with Crippen LogP contribution in [0.1, 0.15) is 40.0 Å². The lowest BCUT2D eigenvalue weighted by Gasteiger charge is -2.21. The molecule has 1 unspecified atom stereocenters. The molecule has 13 heavy (non-hydrogen) atoms. The van der Waals surface area contributed by atoms with Gasteiger partial charge in [0.1, 0.15) is 0 Å². The van der Waals surface area contributed by atoms with Crippen LogP contribution in [0.5, 0.6) is 0 Å². The van der Waals surface area contributed by atoms with Crippen molar-refractivity contribution in [2.24, 2.45) is 5.73 Å². The largest absolute Gasteiger partial charge is 0.343 e. The molecule has 0 aliphatic carbocycles. The second-order valence-electron chi connectivity index (χ2n) is 3.97. The average molecular weight is 186 g/mol. The fourth-order valence-electron chi connectivity index (χ4n) is 1.04. The Hall–Kier alpha value is -0.570. The van der Waals surface area contributed by atoms with E-state index in [9.17, 15) is 4.79 Å². The van der Waals surface area contributed by atoms with Gasteiger partial charge < -0.3 is 10.6 Å². The molecule has 1 amide bonds. The predicted molar refractivity (Wildman–Crippen MR) is 55.4 cm³/mol. The Bertz CT molecular complexity index is 155. The summed E-state index contributed by atoms with van der Waals surface area (Å²) in [7, 11) is 1.85. The molecule has 0 aliphatic heterocycles. The van der Waals surface area contributed by atoms with Crippen LogP contribution in [0.15, 0.2) is 0 Å². The van der Waals surface area contributed by atoms with Gasteiger partial charge >= 0.3 is 0 Å². The molecule has 0 saturated heterocycles. The lowest BCUT2D eigenvalue weighted by atomic mass is 10.1. The van der Waals surface area contributed by atoms with Crippen molar-refractivity contribution in [3.63, 3.8) is 0 Å². The van der Waals surface area contributed by atoms with Crippen molar-refractivity contribution in [1.29, 1.82) is 0 Å². The van der Waals surface area contributed by atoms with Crippen LogP contribution in [-0.2, 0) is 4.79 Å². The van der Waals surface area contributed by atoms with Crippen LogP contribution in [0, 0.1) is 0 Å². The molecule has 0 aromatic rings. The van der Waals surface area contributed by atoms with E-state index < -0.39 is 0 Å². The van der Waals surface area contributed by atoms with E-state index >= 15 is 0 Å². The highest BCUT2D eigenvalue weighted by Crippen LogP contribution is 2.03. The topological polar surface area (TPSA) is 46.3 Å². The van der Waals surface area contributed by atoms with Gasteiger partial charge in [-0.25, -0.2) is 0 Å². The van der Waals surface area contributed by atoms with Gasteiger partial charge in [-0.3, -0.25) is 4.79 Å². The average Bonchev–Trinajstić information content (AvgIpc) is 2.02. The minimum absolute atomic E-state index is 0.206. The molecule has 0 aromatic carbocycles. The van der Waals surface area contributed by atoms with Gasteiger partial charge in [0.15, 0.2) is 0 Å². The maximum Gasteiger partial charge on any atom is 0.222 e. The molecule has 2 N–H and O–H groups in total. The van der Waals surface area contributed by atoms with Crippen molar-refractivity contribution in [2.75, 3.05) is 7.05 Å². The summed E-state index contributed by atoms with van der Waals surface area (Å²) in [6.45, 7) is 6.00. The van der Waals surface area contributed by atoms with Gasteiger partial charge in [-0.2, -0.15) is 0 Å². The quantitative estimate of drug-likeness (QED) is 0.705. The summed E-state index contributed by atoms with van der Waals surface area (Å²) in [6, 6.07) is 0.500. The fourth-order valence-corrected chi connectivity index (χ4v) is 1.04. The number of rotatable bonds is 5. The van der Waals surface area contributed by atoms with Gasteiger partial charge in [0, 0.05) is 25.6 Å². The number of hydrogen-bond donors (Lipinski definition) is 1. The van der Waals surface area contributed by atoms with Gasteiger partial charge in [0.2, 0.25) is 5.91 Å². The SMILES string of the molecule is CC(N)CCCC(=O)N(C)C(C)C. The third-order valence-corrected chi connectivity index (χ3v) is 2.22. The molecule has 0 rings (SSSR count). The molecule has 3 nitrogen and oxygen atoms in total. The summed E-state index contributed by atoms with van der Waals surface area (Å²) < 4.78 is 0. The first kappa shape index (κ1) is 12.4. The number of nitrogens with zero attached hydrogens (tertiary/aromatic N) is 1. The summed E-state index contributed by atoms with van der Waals surface area (Å²) in [5.74, 6) is 0.218. The van der Waals surface area contributed by atoms with Crippen LogP contribution in [0.2, 0.25) is 0 Å². The molecule has 1 atom stereocenters. The van der Waals surface area contributed by atoms with Crippen molar-refractivity contribution in [3.8, 4) is 0 Å². The minimum Gasteiger partial charge on any atom is -0.343 e. The Kier molecular flexibility index (Phi) is 5.71. The predicted octanol–water partition coefficient (Wildman–Crippen LogP) is 1.37. The lowest BCUT2D eigenvalue weighted by molar-refractivity contribution is -0.131. The zero-order valence-electron chi connectivity index (χ0n) is 9.21. The van der Waals surface area contributed by atoms with Crippen LogP contribution in [0.3, 0.4) is 0 Å². The molecule has 3 heteroatoms. The van der Waals surface area contributed by atoms with Gasteiger partial charge in [-0.05, 0) is 33.6 Å². The Morgan fingerprint density at radius 2 is 1.92 bits per heavy atom. The van der Waals surface area contributed by atoms with Crippen LogP contribution < -0.4 is 5.73 Å². The third-order valence-electron chi connectivity index (χ3n) is 2.22. The van der Waals surface area contributed by atoms with E-state index in [1.54, 1.807) is 4.90 Å². The Morgan fingerprint density at radius 1 is 1.38 bits per heavy atom. The summed E-state index contributed by atoms with van der Waals surface area (Å²) in [6.07, 6.45) is 2.45. The van der Waals surface area contributed by atoms with Crippen molar-refractivity contribution in [3.05, 3.63) is 0 Å². The fraction of sp³-hybridized carbons (Fsp3) is 0.900. The first-order valence-corrected chi connectivity index (χ1v) is 4.96. The van der Waals surface area contributed by atoms with Crippen LogP contribution in [0.4, 0.5) is 0 Å². The van der Waals surface area contributed by atoms with Gasteiger partial charge in [-0.15, -0.1) is 0 Å². The number of hydrogen-bond acceptors (Lipinski definition) is 2. The molecule has 0 saturated carbocycles. The smallest absolute Gasteiger partial charge is 0.222 e. The number of carbonyl (C=O) groups is 1. The van der Waals surface area contributed by atoms with Crippen LogP contribution in [-0.4, -0.2) is 29.9 Å². The first-order chi connectivity index (χ1) is 5.95. The van der Waals surface area contributed by atoms with Crippen LogP contribution >= 0.6 is 0 Å². The second-order valence-corrected chi connectivity index (χ2v) is 3.97. The zero-order valence-corrected chi connectivity index (χ0v) is 9.21. The number of carbonyl (C=O) groups excluding carboxylic acids is 1. The molecular weight excluding hydrogens is 164 g/mol. The van der Waals surface area contributed by atoms with E-state index in [0.29, 0.717) is 12.5 Å². The summed E-state index contributed by atoms with van der Waals surface area (Å²) in [5, 5.41) is 0. The molecular formula is C10H22N2O. The van der Waals surface area contributed by atoms with Gasteiger partial charge in [0.25, 0.3) is 0 Å². The molecule has 0 aromatic heterocycles. The molecule has 0 radical (unpaired) electrons. The lowest BCUT2D eigenvalue weighted by Crippen LogP contribution is -2.32. The van der Waals surface area contributed by atoms with E-state index in [1.807, 2.05) is 27.8 Å². The monoisotopic (exact) mass is 186 g/mol. The maximum absolute atomic E-state index is 11.5. The van der Waals surface area contributed by atoms with E-state index in [0.717, 1.165) is 12.8 Å². The van der Waals surface area contributed by atoms with Crippen molar-refractivity contribution >= 4 is 5.91 Å². The van der Waals surface area contributed by atoms with Crippen LogP contribution in [0.25, 0.3) is 0 Å². The molecule has 0 fully saturated rings. The standard InChI is InChI=1S/C10H22N2O/c1-8(2)12(4)10(13)7-5-6-9(3)11/h8-9H,5-7,11H2,1-4H3. The Morgan fingerprint density at radius 3 is 2.31 bits per heavy atom. The third kappa shape index (κ3) is 5.64. The van der Waals surface area contributed by atoms with Gasteiger partial charge in [0.05, 0.1) is 0 Å². The Balaban J connectivity index is 3.62. The second kappa shape index (κ2) is 5.97. The zero-order chi connectivity index (χ0) is 10.4.